The summed E-state index contributed by atoms with van der Waals surface area (Å²) in [6, 6.07) is 11.0. The first kappa shape index (κ1) is 17.5. The zero-order valence-electron chi connectivity index (χ0n) is 15.2. The molecule has 1 atom stereocenters. The summed E-state index contributed by atoms with van der Waals surface area (Å²) in [5, 5.41) is 3.70. The van der Waals surface area contributed by atoms with E-state index in [4.69, 9.17) is 0 Å². The third kappa shape index (κ3) is 4.83. The Kier molecular flexibility index (Phi) is 5.94. The van der Waals surface area contributed by atoms with Gasteiger partial charge in [0.2, 0.25) is 5.91 Å². The summed E-state index contributed by atoms with van der Waals surface area (Å²) in [5.41, 5.74) is 1.27. The second-order valence-electron chi connectivity index (χ2n) is 7.99. The van der Waals surface area contributed by atoms with Crippen molar-refractivity contribution < 1.29 is 4.79 Å². The van der Waals surface area contributed by atoms with Gasteiger partial charge in [-0.2, -0.15) is 0 Å². The van der Waals surface area contributed by atoms with Gasteiger partial charge in [-0.3, -0.25) is 4.79 Å². The maximum absolute atomic E-state index is 13.0. The predicted octanol–water partition coefficient (Wildman–Crippen LogP) is 3.49. The van der Waals surface area contributed by atoms with E-state index < -0.39 is 0 Å². The molecule has 1 aliphatic carbocycles. The molecule has 3 rings (SSSR count). The number of carbonyl (C=O) groups is 1. The van der Waals surface area contributed by atoms with Gasteiger partial charge in [-0.15, -0.1) is 0 Å². The van der Waals surface area contributed by atoms with Crippen molar-refractivity contribution in [2.75, 3.05) is 19.6 Å². The van der Waals surface area contributed by atoms with Gasteiger partial charge in [-0.1, -0.05) is 44.2 Å². The minimum atomic E-state index is 0.100. The highest BCUT2D eigenvalue weighted by molar-refractivity contribution is 5.79. The van der Waals surface area contributed by atoms with Gasteiger partial charge in [0, 0.05) is 25.0 Å². The fraction of sp³-hybridized carbons (Fsp3) is 0.667. The lowest BCUT2D eigenvalue weighted by Gasteiger charge is -2.35. The Bertz CT molecular complexity index is 516. The van der Waals surface area contributed by atoms with Crippen molar-refractivity contribution in [1.82, 2.24) is 10.2 Å². The van der Waals surface area contributed by atoms with Crippen LogP contribution in [0.5, 0.6) is 0 Å². The van der Waals surface area contributed by atoms with Crippen molar-refractivity contribution in [3.8, 4) is 0 Å². The molecule has 0 radical (unpaired) electrons. The highest BCUT2D eigenvalue weighted by Gasteiger charge is 2.30. The van der Waals surface area contributed by atoms with Gasteiger partial charge in [0.1, 0.15) is 0 Å². The number of hydrogen-bond acceptors (Lipinski definition) is 2. The number of piperidine rings is 1. The molecule has 1 aliphatic heterocycles. The summed E-state index contributed by atoms with van der Waals surface area (Å²) in [4.78, 5) is 15.1. The lowest BCUT2D eigenvalue weighted by Crippen LogP contribution is -2.48. The topological polar surface area (TPSA) is 32.3 Å². The predicted molar refractivity (Wildman–Crippen MR) is 98.8 cm³/mol. The maximum atomic E-state index is 13.0. The molecular weight excluding hydrogens is 296 g/mol. The highest BCUT2D eigenvalue weighted by Crippen LogP contribution is 2.28. The van der Waals surface area contributed by atoms with Gasteiger partial charge in [-0.05, 0) is 56.0 Å². The van der Waals surface area contributed by atoms with Gasteiger partial charge >= 0.3 is 0 Å². The van der Waals surface area contributed by atoms with E-state index in [0.717, 1.165) is 38.3 Å². The van der Waals surface area contributed by atoms with Crippen LogP contribution in [-0.4, -0.2) is 36.5 Å². The second kappa shape index (κ2) is 8.15. The molecule has 0 spiro atoms. The molecule has 1 N–H and O–H groups in total. The second-order valence-corrected chi connectivity index (χ2v) is 7.99. The normalized spacial score (nSPS) is 20.4. The van der Waals surface area contributed by atoms with Crippen molar-refractivity contribution >= 4 is 5.91 Å². The molecule has 2 aliphatic rings. The van der Waals surface area contributed by atoms with E-state index >= 15 is 0 Å². The number of likely N-dealkylation sites (tertiary alicyclic amines) is 1. The molecule has 1 saturated carbocycles. The van der Waals surface area contributed by atoms with Crippen LogP contribution in [0.2, 0.25) is 0 Å². The Morgan fingerprint density at radius 3 is 2.38 bits per heavy atom. The molecular formula is C21H32N2O. The van der Waals surface area contributed by atoms with E-state index in [0.29, 0.717) is 17.9 Å². The Morgan fingerprint density at radius 1 is 1.12 bits per heavy atom. The van der Waals surface area contributed by atoms with Gasteiger partial charge in [0.25, 0.3) is 0 Å². The molecule has 1 amide bonds. The van der Waals surface area contributed by atoms with Crippen LogP contribution in [-0.2, 0) is 11.2 Å². The average molecular weight is 329 g/mol. The first-order valence-corrected chi connectivity index (χ1v) is 9.69. The SMILES string of the molecule is CC(C)C(Cc1ccccc1)C(=O)N1CCC(NCC2CC2)CC1. The molecule has 3 nitrogen and oxygen atoms in total. The van der Waals surface area contributed by atoms with Crippen LogP contribution in [0.25, 0.3) is 0 Å². The van der Waals surface area contributed by atoms with E-state index in [-0.39, 0.29) is 5.92 Å². The van der Waals surface area contributed by atoms with E-state index in [1.165, 1.54) is 24.9 Å². The molecule has 1 aromatic rings. The molecule has 2 fully saturated rings. The lowest BCUT2D eigenvalue weighted by molar-refractivity contribution is -0.138. The van der Waals surface area contributed by atoms with Crippen LogP contribution in [0.1, 0.15) is 45.1 Å². The van der Waals surface area contributed by atoms with Crippen molar-refractivity contribution in [2.45, 2.75) is 52.0 Å². The standard InChI is InChI=1S/C21H32N2O/c1-16(2)20(14-17-6-4-3-5-7-17)21(24)23-12-10-19(11-13-23)22-15-18-8-9-18/h3-7,16,18-20,22H,8-15H2,1-2H3. The zero-order chi connectivity index (χ0) is 16.9. The number of nitrogens with one attached hydrogen (secondary N) is 1. The van der Waals surface area contributed by atoms with Crippen LogP contribution < -0.4 is 5.32 Å². The average Bonchev–Trinajstić information content (AvgIpc) is 3.43. The van der Waals surface area contributed by atoms with E-state index in [1.807, 2.05) is 6.07 Å². The Morgan fingerprint density at radius 2 is 1.79 bits per heavy atom. The molecule has 0 aromatic heterocycles. The quantitative estimate of drug-likeness (QED) is 0.831. The molecule has 1 aromatic carbocycles. The molecule has 24 heavy (non-hydrogen) atoms. The monoisotopic (exact) mass is 328 g/mol. The third-order valence-electron chi connectivity index (χ3n) is 5.62. The number of benzene rings is 1. The fourth-order valence-corrected chi connectivity index (χ4v) is 3.67. The third-order valence-corrected chi connectivity index (χ3v) is 5.62. The van der Waals surface area contributed by atoms with Crippen LogP contribution in [0.15, 0.2) is 30.3 Å². The maximum Gasteiger partial charge on any atom is 0.226 e. The summed E-state index contributed by atoms with van der Waals surface area (Å²) >= 11 is 0. The van der Waals surface area contributed by atoms with Crippen molar-refractivity contribution in [2.24, 2.45) is 17.8 Å². The molecule has 132 valence electrons. The number of hydrogen-bond donors (Lipinski definition) is 1. The number of rotatable bonds is 7. The van der Waals surface area contributed by atoms with E-state index in [2.05, 4.69) is 48.3 Å². The molecule has 1 saturated heterocycles. The number of nitrogens with zero attached hydrogens (tertiary/aromatic N) is 1. The highest BCUT2D eigenvalue weighted by atomic mass is 16.2. The molecule has 1 unspecified atom stereocenters. The Hall–Kier alpha value is -1.35. The van der Waals surface area contributed by atoms with Crippen LogP contribution in [0, 0.1) is 17.8 Å². The minimum Gasteiger partial charge on any atom is -0.342 e. The first-order chi connectivity index (χ1) is 11.6. The fourth-order valence-electron chi connectivity index (χ4n) is 3.67. The van der Waals surface area contributed by atoms with Crippen LogP contribution in [0.4, 0.5) is 0 Å². The van der Waals surface area contributed by atoms with E-state index in [9.17, 15) is 4.79 Å². The summed E-state index contributed by atoms with van der Waals surface area (Å²) in [5.74, 6) is 1.77. The van der Waals surface area contributed by atoms with Gasteiger partial charge < -0.3 is 10.2 Å². The first-order valence-electron chi connectivity index (χ1n) is 9.69. The van der Waals surface area contributed by atoms with Crippen molar-refractivity contribution in [3.63, 3.8) is 0 Å². The zero-order valence-corrected chi connectivity index (χ0v) is 15.2. The van der Waals surface area contributed by atoms with E-state index in [1.54, 1.807) is 0 Å². The Balaban J connectivity index is 1.51. The minimum absolute atomic E-state index is 0.100. The van der Waals surface area contributed by atoms with Crippen LogP contribution >= 0.6 is 0 Å². The van der Waals surface area contributed by atoms with Crippen molar-refractivity contribution in [3.05, 3.63) is 35.9 Å². The van der Waals surface area contributed by atoms with Crippen LogP contribution in [0.3, 0.4) is 0 Å². The smallest absolute Gasteiger partial charge is 0.226 e. The van der Waals surface area contributed by atoms with Gasteiger partial charge in [0.05, 0.1) is 0 Å². The Labute approximate surface area is 146 Å². The lowest BCUT2D eigenvalue weighted by atomic mass is 9.87. The summed E-state index contributed by atoms with van der Waals surface area (Å²) < 4.78 is 0. The molecule has 0 bridgehead atoms. The number of amides is 1. The summed E-state index contributed by atoms with van der Waals surface area (Å²) in [7, 11) is 0. The van der Waals surface area contributed by atoms with Gasteiger partial charge in [0.15, 0.2) is 0 Å². The van der Waals surface area contributed by atoms with Crippen molar-refractivity contribution in [1.29, 1.82) is 0 Å². The summed E-state index contributed by atoms with van der Waals surface area (Å²) in [6.07, 6.45) is 5.88. The largest absolute Gasteiger partial charge is 0.342 e. The van der Waals surface area contributed by atoms with Gasteiger partial charge in [-0.25, -0.2) is 0 Å². The molecule has 1 heterocycles. The number of carbonyl (C=O) groups excluding carboxylic acids is 1. The summed E-state index contributed by atoms with van der Waals surface area (Å²) in [6.45, 7) is 7.37. The molecule has 3 heteroatoms.